The molecule has 4 nitrogen and oxygen atoms in total. The van der Waals surface area contributed by atoms with Gasteiger partial charge in [0.25, 0.3) is 0 Å². The molecule has 2 rings (SSSR count). The Morgan fingerprint density at radius 2 is 1.83 bits per heavy atom. The van der Waals surface area contributed by atoms with Crippen LogP contribution in [0.25, 0.3) is 0 Å². The lowest BCUT2D eigenvalue weighted by atomic mass is 10.2. The van der Waals surface area contributed by atoms with E-state index in [1.807, 2.05) is 6.92 Å². The van der Waals surface area contributed by atoms with E-state index in [-0.39, 0.29) is 17.1 Å². The van der Waals surface area contributed by atoms with Crippen molar-refractivity contribution in [3.05, 3.63) is 57.5 Å². The Morgan fingerprint density at radius 3 is 2.43 bits per heavy atom. The molecule has 0 atom stereocenters. The fourth-order valence-corrected chi connectivity index (χ4v) is 3.80. The first-order chi connectivity index (χ1) is 10.8. The highest BCUT2D eigenvalue weighted by Crippen LogP contribution is 2.28. The summed E-state index contributed by atoms with van der Waals surface area (Å²) in [4.78, 5) is 12.0. The summed E-state index contributed by atoms with van der Waals surface area (Å²) < 4.78 is 30.0. The second-order valence-corrected chi connectivity index (χ2v) is 8.33. The SMILES string of the molecule is Cc1ccc(S(=O)(=O)CCC(=O)Oc2ccc(Cl)cc2Br)cc1. The molecule has 23 heavy (non-hydrogen) atoms. The van der Waals surface area contributed by atoms with E-state index in [9.17, 15) is 13.2 Å². The van der Waals surface area contributed by atoms with Crippen LogP contribution in [0.15, 0.2) is 51.8 Å². The molecule has 0 aromatic heterocycles. The van der Waals surface area contributed by atoms with E-state index in [4.69, 9.17) is 16.3 Å². The van der Waals surface area contributed by atoms with Gasteiger partial charge in [0, 0.05) is 5.02 Å². The number of carbonyl (C=O) groups is 1. The summed E-state index contributed by atoms with van der Waals surface area (Å²) in [5.74, 6) is -0.629. The number of sulfone groups is 1. The quantitative estimate of drug-likeness (QED) is 0.541. The second kappa shape index (κ2) is 7.47. The van der Waals surface area contributed by atoms with Crippen molar-refractivity contribution in [2.24, 2.45) is 0 Å². The third kappa shape index (κ3) is 5.06. The van der Waals surface area contributed by atoms with Gasteiger partial charge in [-0.2, -0.15) is 0 Å². The monoisotopic (exact) mass is 416 g/mol. The number of rotatable bonds is 5. The number of ether oxygens (including phenoxy) is 1. The van der Waals surface area contributed by atoms with Gasteiger partial charge in [-0.1, -0.05) is 29.3 Å². The van der Waals surface area contributed by atoms with Crippen LogP contribution in [0.1, 0.15) is 12.0 Å². The molecule has 0 aliphatic carbocycles. The zero-order valence-corrected chi connectivity index (χ0v) is 15.4. The third-order valence-electron chi connectivity index (χ3n) is 3.07. The lowest BCUT2D eigenvalue weighted by Crippen LogP contribution is -2.15. The molecule has 7 heteroatoms. The average Bonchev–Trinajstić information content (AvgIpc) is 2.49. The highest BCUT2D eigenvalue weighted by Gasteiger charge is 2.18. The predicted molar refractivity (Wildman–Crippen MR) is 92.6 cm³/mol. The molecule has 0 heterocycles. The van der Waals surface area contributed by atoms with Crippen LogP contribution < -0.4 is 4.74 Å². The molecule has 0 aliphatic heterocycles. The molecule has 2 aromatic rings. The van der Waals surface area contributed by atoms with Crippen molar-refractivity contribution in [2.75, 3.05) is 5.75 Å². The van der Waals surface area contributed by atoms with Crippen molar-refractivity contribution in [1.29, 1.82) is 0 Å². The van der Waals surface area contributed by atoms with Crippen molar-refractivity contribution < 1.29 is 17.9 Å². The van der Waals surface area contributed by atoms with Gasteiger partial charge in [-0.05, 0) is 53.2 Å². The first-order valence-corrected chi connectivity index (χ1v) is 9.55. The summed E-state index contributed by atoms with van der Waals surface area (Å²) in [6, 6.07) is 11.2. The van der Waals surface area contributed by atoms with E-state index in [0.717, 1.165) is 5.56 Å². The lowest BCUT2D eigenvalue weighted by Gasteiger charge is -2.07. The summed E-state index contributed by atoms with van der Waals surface area (Å²) >= 11 is 9.03. The van der Waals surface area contributed by atoms with Gasteiger partial charge in [0.05, 0.1) is 21.5 Å². The Labute approximate surface area is 148 Å². The van der Waals surface area contributed by atoms with Crippen molar-refractivity contribution in [1.82, 2.24) is 0 Å². The predicted octanol–water partition coefficient (Wildman–Crippen LogP) is 4.18. The first-order valence-electron chi connectivity index (χ1n) is 6.73. The van der Waals surface area contributed by atoms with E-state index in [1.54, 1.807) is 30.3 Å². The van der Waals surface area contributed by atoms with E-state index in [1.165, 1.54) is 12.1 Å². The van der Waals surface area contributed by atoms with Crippen molar-refractivity contribution in [3.63, 3.8) is 0 Å². The summed E-state index contributed by atoms with van der Waals surface area (Å²) in [6.45, 7) is 1.87. The van der Waals surface area contributed by atoms with Crippen LogP contribution >= 0.6 is 27.5 Å². The fraction of sp³-hybridized carbons (Fsp3) is 0.188. The smallest absolute Gasteiger partial charge is 0.312 e. The minimum absolute atomic E-state index is 0.198. The molecule has 0 bridgehead atoms. The summed E-state index contributed by atoms with van der Waals surface area (Å²) in [5, 5.41) is 0.499. The number of benzene rings is 2. The first kappa shape index (κ1) is 18.0. The molecule has 0 radical (unpaired) electrons. The van der Waals surface area contributed by atoms with Gasteiger partial charge >= 0.3 is 5.97 Å². The van der Waals surface area contributed by atoms with Crippen molar-refractivity contribution >= 4 is 43.3 Å². The minimum Gasteiger partial charge on any atom is -0.425 e. The van der Waals surface area contributed by atoms with E-state index >= 15 is 0 Å². The molecule has 0 fully saturated rings. The van der Waals surface area contributed by atoms with Gasteiger partial charge in [-0.3, -0.25) is 4.79 Å². The zero-order chi connectivity index (χ0) is 17.0. The number of esters is 1. The van der Waals surface area contributed by atoms with Gasteiger partial charge in [-0.25, -0.2) is 8.42 Å². The Kier molecular flexibility index (Phi) is 5.84. The summed E-state index contributed by atoms with van der Waals surface area (Å²) in [7, 11) is -3.51. The van der Waals surface area contributed by atoms with Gasteiger partial charge < -0.3 is 4.74 Å². The van der Waals surface area contributed by atoms with Crippen molar-refractivity contribution in [3.8, 4) is 5.75 Å². The molecular weight excluding hydrogens is 404 g/mol. The van der Waals surface area contributed by atoms with E-state index in [2.05, 4.69) is 15.9 Å². The van der Waals surface area contributed by atoms with Crippen molar-refractivity contribution in [2.45, 2.75) is 18.2 Å². The molecule has 122 valence electrons. The normalized spacial score (nSPS) is 11.3. The molecule has 0 saturated carbocycles. The summed E-state index contributed by atoms with van der Waals surface area (Å²) in [5.41, 5.74) is 0.968. The average molecular weight is 418 g/mol. The standard InChI is InChI=1S/C16H14BrClO4S/c1-11-2-5-13(6-3-11)23(20,21)9-8-16(19)22-15-7-4-12(18)10-14(15)17/h2-7,10H,8-9H2,1H3. The van der Waals surface area contributed by atoms with Crippen LogP contribution in [0.4, 0.5) is 0 Å². The van der Waals surface area contributed by atoms with Crippen LogP contribution in [0.2, 0.25) is 5.02 Å². The minimum atomic E-state index is -3.51. The molecule has 0 saturated heterocycles. The number of aryl methyl sites for hydroxylation is 1. The largest absolute Gasteiger partial charge is 0.425 e. The Morgan fingerprint density at radius 1 is 1.17 bits per heavy atom. The molecule has 0 unspecified atom stereocenters. The third-order valence-corrected chi connectivity index (χ3v) is 5.66. The lowest BCUT2D eigenvalue weighted by molar-refractivity contribution is -0.133. The second-order valence-electron chi connectivity index (χ2n) is 4.93. The highest BCUT2D eigenvalue weighted by molar-refractivity contribution is 9.10. The zero-order valence-electron chi connectivity index (χ0n) is 12.3. The van der Waals surface area contributed by atoms with Gasteiger partial charge in [-0.15, -0.1) is 0 Å². The van der Waals surface area contributed by atoms with Gasteiger partial charge in [0.1, 0.15) is 5.75 Å². The van der Waals surface area contributed by atoms with E-state index in [0.29, 0.717) is 15.2 Å². The van der Waals surface area contributed by atoms with Crippen LogP contribution in [0.5, 0.6) is 5.75 Å². The Balaban J connectivity index is 1.99. The van der Waals surface area contributed by atoms with Crippen LogP contribution in [-0.2, 0) is 14.6 Å². The number of hydrogen-bond donors (Lipinski definition) is 0. The van der Waals surface area contributed by atoms with Gasteiger partial charge in [0.15, 0.2) is 9.84 Å². The molecule has 0 N–H and O–H groups in total. The maximum absolute atomic E-state index is 12.2. The molecule has 0 amide bonds. The Bertz CT molecular complexity index is 816. The van der Waals surface area contributed by atoms with Crippen LogP contribution in [0.3, 0.4) is 0 Å². The molecule has 0 aliphatic rings. The van der Waals surface area contributed by atoms with Crippen LogP contribution in [0, 0.1) is 6.92 Å². The Hall–Kier alpha value is -1.37. The van der Waals surface area contributed by atoms with E-state index < -0.39 is 15.8 Å². The topological polar surface area (TPSA) is 60.4 Å². The fourth-order valence-electron chi connectivity index (χ4n) is 1.81. The number of carbonyl (C=O) groups excluding carboxylic acids is 1. The number of hydrogen-bond acceptors (Lipinski definition) is 4. The summed E-state index contributed by atoms with van der Waals surface area (Å²) in [6.07, 6.45) is -0.231. The maximum Gasteiger partial charge on any atom is 0.312 e. The molecular formula is C16H14BrClO4S. The maximum atomic E-state index is 12.2. The number of halogens is 2. The van der Waals surface area contributed by atoms with Crippen LogP contribution in [-0.4, -0.2) is 20.1 Å². The highest BCUT2D eigenvalue weighted by atomic mass is 79.9. The molecule has 0 spiro atoms. The molecule has 2 aromatic carbocycles. The van der Waals surface area contributed by atoms with Gasteiger partial charge in [0.2, 0.25) is 0 Å².